The molecule has 1 amide bonds. The number of furan rings is 1. The standard InChI is InChI=1S/C20H23N5O3/c1-14-8-10-23(11-9-14)18(26)13-24-20(27)25(17-7-3-5-15(2)21-17)19(22-24)16-6-4-12-28-16/h3-7,12,14H,8-11,13H2,1-2H3. The van der Waals surface area contributed by atoms with Crippen molar-refractivity contribution in [1.29, 1.82) is 0 Å². The Hall–Kier alpha value is -3.16. The molecule has 8 heteroatoms. The summed E-state index contributed by atoms with van der Waals surface area (Å²) in [5.74, 6) is 1.75. The summed E-state index contributed by atoms with van der Waals surface area (Å²) in [6.45, 7) is 5.39. The van der Waals surface area contributed by atoms with E-state index in [1.54, 1.807) is 18.2 Å². The molecule has 3 aromatic heterocycles. The third-order valence-corrected chi connectivity index (χ3v) is 5.10. The van der Waals surface area contributed by atoms with Crippen molar-refractivity contribution < 1.29 is 9.21 Å². The van der Waals surface area contributed by atoms with Gasteiger partial charge in [0.2, 0.25) is 11.7 Å². The second-order valence-electron chi connectivity index (χ2n) is 7.28. The number of piperidine rings is 1. The van der Waals surface area contributed by atoms with Crippen molar-refractivity contribution in [2.45, 2.75) is 33.2 Å². The second kappa shape index (κ2) is 7.46. The Balaban J connectivity index is 1.70. The van der Waals surface area contributed by atoms with E-state index in [9.17, 15) is 9.59 Å². The van der Waals surface area contributed by atoms with E-state index >= 15 is 0 Å². The Kier molecular flexibility index (Phi) is 4.85. The molecule has 28 heavy (non-hydrogen) atoms. The fourth-order valence-corrected chi connectivity index (χ4v) is 3.42. The van der Waals surface area contributed by atoms with Gasteiger partial charge >= 0.3 is 5.69 Å². The summed E-state index contributed by atoms with van der Waals surface area (Å²) in [7, 11) is 0. The van der Waals surface area contributed by atoms with Crippen molar-refractivity contribution in [2.24, 2.45) is 5.92 Å². The van der Waals surface area contributed by atoms with Gasteiger partial charge in [-0.15, -0.1) is 5.10 Å². The van der Waals surface area contributed by atoms with Gasteiger partial charge in [-0.3, -0.25) is 4.79 Å². The van der Waals surface area contributed by atoms with Crippen LogP contribution in [0, 0.1) is 12.8 Å². The van der Waals surface area contributed by atoms with Crippen LogP contribution in [0.1, 0.15) is 25.5 Å². The minimum Gasteiger partial charge on any atom is -0.461 e. The zero-order valence-electron chi connectivity index (χ0n) is 16.0. The van der Waals surface area contributed by atoms with Crippen molar-refractivity contribution in [3.8, 4) is 17.4 Å². The number of aromatic nitrogens is 4. The molecule has 1 saturated heterocycles. The Morgan fingerprint density at radius 2 is 2.00 bits per heavy atom. The molecule has 1 aliphatic heterocycles. The molecule has 3 aromatic rings. The molecule has 1 aliphatic rings. The van der Waals surface area contributed by atoms with Crippen molar-refractivity contribution in [2.75, 3.05) is 13.1 Å². The van der Waals surface area contributed by atoms with Crippen LogP contribution < -0.4 is 5.69 Å². The topological polar surface area (TPSA) is 86.2 Å². The summed E-state index contributed by atoms with van der Waals surface area (Å²) in [6.07, 6.45) is 3.49. The average molecular weight is 381 g/mol. The molecule has 0 bridgehead atoms. The van der Waals surface area contributed by atoms with Gasteiger partial charge in [0, 0.05) is 18.8 Å². The zero-order chi connectivity index (χ0) is 19.7. The van der Waals surface area contributed by atoms with Crippen molar-refractivity contribution in [3.05, 3.63) is 52.8 Å². The van der Waals surface area contributed by atoms with Crippen LogP contribution >= 0.6 is 0 Å². The first-order valence-electron chi connectivity index (χ1n) is 9.48. The van der Waals surface area contributed by atoms with E-state index in [2.05, 4.69) is 17.0 Å². The van der Waals surface area contributed by atoms with Gasteiger partial charge in [-0.25, -0.2) is 19.0 Å². The number of pyridine rings is 1. The molecule has 4 rings (SSSR count). The number of rotatable bonds is 4. The molecule has 8 nitrogen and oxygen atoms in total. The first kappa shape index (κ1) is 18.2. The summed E-state index contributed by atoms with van der Waals surface area (Å²) >= 11 is 0. The van der Waals surface area contributed by atoms with Gasteiger partial charge in [0.15, 0.2) is 5.76 Å². The summed E-state index contributed by atoms with van der Waals surface area (Å²) in [5.41, 5.74) is 0.365. The fraction of sp³-hybridized carbons (Fsp3) is 0.400. The summed E-state index contributed by atoms with van der Waals surface area (Å²) < 4.78 is 8.04. The second-order valence-corrected chi connectivity index (χ2v) is 7.28. The molecule has 0 radical (unpaired) electrons. The van der Waals surface area contributed by atoms with Gasteiger partial charge < -0.3 is 9.32 Å². The number of aryl methyl sites for hydroxylation is 1. The van der Waals surface area contributed by atoms with Crippen LogP contribution in [0.25, 0.3) is 17.4 Å². The molecule has 0 unspecified atom stereocenters. The summed E-state index contributed by atoms with van der Waals surface area (Å²) in [6, 6.07) is 8.87. The highest BCUT2D eigenvalue weighted by atomic mass is 16.3. The predicted octanol–water partition coefficient (Wildman–Crippen LogP) is 2.26. The molecule has 0 aliphatic carbocycles. The normalized spacial score (nSPS) is 15.1. The van der Waals surface area contributed by atoms with Crippen molar-refractivity contribution in [1.82, 2.24) is 24.2 Å². The van der Waals surface area contributed by atoms with Crippen LogP contribution in [0.15, 0.2) is 45.8 Å². The van der Waals surface area contributed by atoms with Gasteiger partial charge in [-0.1, -0.05) is 13.0 Å². The lowest BCUT2D eigenvalue weighted by atomic mass is 9.99. The SMILES string of the molecule is Cc1cccc(-n2c(-c3ccco3)nn(CC(=O)N3CCC(C)CC3)c2=O)n1. The number of likely N-dealkylation sites (tertiary alicyclic amines) is 1. The molecular weight excluding hydrogens is 358 g/mol. The summed E-state index contributed by atoms with van der Waals surface area (Å²) in [4.78, 5) is 32.0. The third-order valence-electron chi connectivity index (χ3n) is 5.10. The minimum absolute atomic E-state index is 0.0955. The molecule has 146 valence electrons. The van der Waals surface area contributed by atoms with E-state index in [-0.39, 0.29) is 12.5 Å². The number of amides is 1. The van der Waals surface area contributed by atoms with E-state index in [4.69, 9.17) is 4.42 Å². The van der Waals surface area contributed by atoms with Crippen molar-refractivity contribution in [3.63, 3.8) is 0 Å². The van der Waals surface area contributed by atoms with Crippen LogP contribution in [0.2, 0.25) is 0 Å². The van der Waals surface area contributed by atoms with E-state index in [1.807, 2.05) is 24.0 Å². The van der Waals surface area contributed by atoms with Crippen LogP contribution in [0.4, 0.5) is 0 Å². The first-order chi connectivity index (χ1) is 13.5. The maximum Gasteiger partial charge on any atom is 0.352 e. The van der Waals surface area contributed by atoms with Gasteiger partial charge in [0.25, 0.3) is 0 Å². The fourth-order valence-electron chi connectivity index (χ4n) is 3.42. The lowest BCUT2D eigenvalue weighted by molar-refractivity contribution is -0.133. The largest absolute Gasteiger partial charge is 0.461 e. The highest BCUT2D eigenvalue weighted by Gasteiger charge is 2.24. The molecule has 0 N–H and O–H groups in total. The quantitative estimate of drug-likeness (QED) is 0.692. The van der Waals surface area contributed by atoms with Crippen molar-refractivity contribution >= 4 is 5.91 Å². The highest BCUT2D eigenvalue weighted by molar-refractivity contribution is 5.76. The Labute approximate surface area is 162 Å². The molecule has 1 fully saturated rings. The number of carbonyl (C=O) groups is 1. The molecular formula is C20H23N5O3. The van der Waals surface area contributed by atoms with Crippen LogP contribution in [-0.2, 0) is 11.3 Å². The molecule has 0 atom stereocenters. The molecule has 0 aromatic carbocycles. The minimum atomic E-state index is -0.414. The van der Waals surface area contributed by atoms with E-state index in [1.165, 1.54) is 15.5 Å². The molecule has 0 saturated carbocycles. The predicted molar refractivity (Wildman–Crippen MR) is 103 cm³/mol. The lowest BCUT2D eigenvalue weighted by Crippen LogP contribution is -2.41. The third kappa shape index (κ3) is 3.49. The van der Waals surface area contributed by atoms with Gasteiger partial charge in [-0.2, -0.15) is 0 Å². The molecule has 0 spiro atoms. The van der Waals surface area contributed by atoms with E-state index < -0.39 is 5.69 Å². The first-order valence-corrected chi connectivity index (χ1v) is 9.48. The smallest absolute Gasteiger partial charge is 0.352 e. The zero-order valence-corrected chi connectivity index (χ0v) is 16.0. The lowest BCUT2D eigenvalue weighted by Gasteiger charge is -2.30. The maximum atomic E-state index is 13.1. The Bertz CT molecular complexity index is 1030. The monoisotopic (exact) mass is 381 g/mol. The average Bonchev–Trinajstić information content (AvgIpc) is 3.31. The number of carbonyl (C=O) groups excluding carboxylic acids is 1. The van der Waals surface area contributed by atoms with E-state index in [0.717, 1.165) is 31.6 Å². The Morgan fingerprint density at radius 3 is 2.68 bits per heavy atom. The van der Waals surface area contributed by atoms with Gasteiger partial charge in [-0.05, 0) is 49.9 Å². The maximum absolute atomic E-state index is 13.1. The van der Waals surface area contributed by atoms with Crippen LogP contribution in [0.3, 0.4) is 0 Å². The Morgan fingerprint density at radius 1 is 1.21 bits per heavy atom. The van der Waals surface area contributed by atoms with Gasteiger partial charge in [0.05, 0.1) is 6.26 Å². The number of nitrogens with zero attached hydrogens (tertiary/aromatic N) is 5. The molecule has 4 heterocycles. The van der Waals surface area contributed by atoms with Crippen LogP contribution in [0.5, 0.6) is 0 Å². The van der Waals surface area contributed by atoms with E-state index in [0.29, 0.717) is 23.3 Å². The number of hydrogen-bond donors (Lipinski definition) is 0. The number of hydrogen-bond acceptors (Lipinski definition) is 5. The van der Waals surface area contributed by atoms with Gasteiger partial charge in [0.1, 0.15) is 12.4 Å². The summed E-state index contributed by atoms with van der Waals surface area (Å²) in [5, 5.41) is 4.39. The highest BCUT2D eigenvalue weighted by Crippen LogP contribution is 2.20. The van der Waals surface area contributed by atoms with Crippen LogP contribution in [-0.4, -0.2) is 43.2 Å².